The maximum atomic E-state index is 13.7. The molecule has 0 unspecified atom stereocenters. The lowest BCUT2D eigenvalue weighted by molar-refractivity contribution is -0.148. The van der Waals surface area contributed by atoms with Gasteiger partial charge in [0.25, 0.3) is 11.5 Å². The Hall–Kier alpha value is -3.82. The van der Waals surface area contributed by atoms with Crippen molar-refractivity contribution in [3.63, 3.8) is 0 Å². The first kappa shape index (κ1) is 29.7. The topological polar surface area (TPSA) is 114 Å². The third-order valence-electron chi connectivity index (χ3n) is 7.63. The zero-order valence-corrected chi connectivity index (χ0v) is 25.4. The Kier molecular flexibility index (Phi) is 8.89. The number of ether oxygens (including phenoxy) is 3. The van der Waals surface area contributed by atoms with E-state index in [1.54, 1.807) is 24.5 Å². The summed E-state index contributed by atoms with van der Waals surface area (Å²) >= 11 is 6.80. The second kappa shape index (κ2) is 12.6. The largest absolute Gasteiger partial charge is 0.466 e. The van der Waals surface area contributed by atoms with Crippen molar-refractivity contribution in [2.45, 2.75) is 53.1 Å². The summed E-state index contributed by atoms with van der Waals surface area (Å²) in [4.78, 5) is 43.5. The van der Waals surface area contributed by atoms with Gasteiger partial charge in [-0.2, -0.15) is 5.26 Å². The fraction of sp³-hybridized carbons (Fsp3) is 0.433. The van der Waals surface area contributed by atoms with Crippen LogP contribution in [0.1, 0.15) is 55.4 Å². The minimum atomic E-state index is -0.355. The van der Waals surface area contributed by atoms with Crippen molar-refractivity contribution in [1.82, 2.24) is 9.47 Å². The number of anilines is 1. The minimum Gasteiger partial charge on any atom is -0.466 e. The van der Waals surface area contributed by atoms with Gasteiger partial charge < -0.3 is 19.1 Å². The van der Waals surface area contributed by atoms with Gasteiger partial charge in [-0.3, -0.25) is 23.9 Å². The van der Waals surface area contributed by atoms with Gasteiger partial charge in [-0.15, -0.1) is 0 Å². The summed E-state index contributed by atoms with van der Waals surface area (Å²) in [5, 5.41) is 9.92. The molecule has 1 amide bonds. The Balaban J connectivity index is 1.51. The molecule has 3 aliphatic heterocycles. The van der Waals surface area contributed by atoms with Crippen LogP contribution in [0.4, 0.5) is 5.82 Å². The Bertz CT molecular complexity index is 1570. The standard InChI is InChI=1S/C30H32N4O6S2/c1-4-10-33-26(32-11-8-20(9-12-32)29(37)38-5-2)21(18(3)22(15-31)27(33)35)14-25-28(36)34(30(41)42-25)16-19-6-7-23-24(13-19)40-17-39-23/h6-7,13-14,20H,4-5,8-12,16-17H2,1-3H3/b25-14+. The molecule has 12 heteroatoms. The third kappa shape index (κ3) is 5.63. The maximum absolute atomic E-state index is 13.7. The second-order valence-electron chi connectivity index (χ2n) is 10.3. The average molecular weight is 609 g/mol. The van der Waals surface area contributed by atoms with Gasteiger partial charge in [0.2, 0.25) is 6.79 Å². The Morgan fingerprint density at radius 1 is 1.21 bits per heavy atom. The number of hydrogen-bond acceptors (Lipinski definition) is 10. The molecule has 0 atom stereocenters. The molecule has 2 fully saturated rings. The van der Waals surface area contributed by atoms with Crippen molar-refractivity contribution in [1.29, 1.82) is 5.26 Å². The van der Waals surface area contributed by atoms with Crippen LogP contribution in [0.3, 0.4) is 0 Å². The highest BCUT2D eigenvalue weighted by atomic mass is 32.2. The van der Waals surface area contributed by atoms with Gasteiger partial charge in [-0.05, 0) is 62.4 Å². The van der Waals surface area contributed by atoms with Crippen molar-refractivity contribution in [3.8, 4) is 17.6 Å². The summed E-state index contributed by atoms with van der Waals surface area (Å²) in [7, 11) is 0. The molecule has 1 aromatic carbocycles. The summed E-state index contributed by atoms with van der Waals surface area (Å²) in [5.74, 6) is 1.28. The highest BCUT2D eigenvalue weighted by Gasteiger charge is 2.35. The van der Waals surface area contributed by atoms with Crippen LogP contribution in [0.15, 0.2) is 27.9 Å². The summed E-state index contributed by atoms with van der Waals surface area (Å²) in [6, 6.07) is 7.61. The van der Waals surface area contributed by atoms with E-state index in [9.17, 15) is 19.6 Å². The molecule has 0 bridgehead atoms. The van der Waals surface area contributed by atoms with Gasteiger partial charge in [0.05, 0.1) is 24.0 Å². The SMILES string of the molecule is CCCn1c(N2CCC(C(=O)OCC)CC2)c(/C=C2/SC(=S)N(Cc3ccc4c(c3)OCO4)C2=O)c(C)c(C#N)c1=O. The van der Waals surface area contributed by atoms with E-state index in [2.05, 4.69) is 11.0 Å². The van der Waals surface area contributed by atoms with Crippen LogP contribution >= 0.6 is 24.0 Å². The van der Waals surface area contributed by atoms with Crippen molar-refractivity contribution < 1.29 is 23.8 Å². The predicted octanol–water partition coefficient (Wildman–Crippen LogP) is 4.35. The van der Waals surface area contributed by atoms with Gasteiger partial charge in [0.15, 0.2) is 11.5 Å². The zero-order chi connectivity index (χ0) is 30.0. The summed E-state index contributed by atoms with van der Waals surface area (Å²) in [6.07, 6.45) is 3.59. The fourth-order valence-electron chi connectivity index (χ4n) is 5.49. The Morgan fingerprint density at radius 3 is 2.64 bits per heavy atom. The van der Waals surface area contributed by atoms with E-state index in [4.69, 9.17) is 26.4 Å². The van der Waals surface area contributed by atoms with Gasteiger partial charge >= 0.3 is 5.97 Å². The zero-order valence-electron chi connectivity index (χ0n) is 23.8. The van der Waals surface area contributed by atoms with Crippen molar-refractivity contribution in [2.24, 2.45) is 5.92 Å². The molecule has 0 aliphatic carbocycles. The molecule has 4 heterocycles. The predicted molar refractivity (Wildman–Crippen MR) is 163 cm³/mol. The third-order valence-corrected chi connectivity index (χ3v) is 9.01. The van der Waals surface area contributed by atoms with Crippen LogP contribution in [-0.4, -0.2) is 52.2 Å². The van der Waals surface area contributed by atoms with E-state index in [0.717, 1.165) is 5.56 Å². The number of benzene rings is 1. The number of amides is 1. The molecule has 2 aromatic rings. The van der Waals surface area contributed by atoms with Crippen LogP contribution < -0.4 is 19.9 Å². The number of nitrogens with zero attached hydrogens (tertiary/aromatic N) is 4. The van der Waals surface area contributed by atoms with Gasteiger partial charge in [-0.1, -0.05) is 37.0 Å². The average Bonchev–Trinajstić information content (AvgIpc) is 3.56. The van der Waals surface area contributed by atoms with Gasteiger partial charge in [0, 0.05) is 25.2 Å². The highest BCUT2D eigenvalue weighted by molar-refractivity contribution is 8.26. The molecule has 3 aliphatic rings. The Morgan fingerprint density at radius 2 is 1.95 bits per heavy atom. The lowest BCUT2D eigenvalue weighted by Gasteiger charge is -2.35. The number of carbonyl (C=O) groups excluding carboxylic acids is 2. The summed E-state index contributed by atoms with van der Waals surface area (Å²) in [6.45, 7) is 7.74. The first-order valence-electron chi connectivity index (χ1n) is 14.0. The molecular weight excluding hydrogens is 576 g/mol. The molecule has 0 N–H and O–H groups in total. The number of aromatic nitrogens is 1. The number of rotatable bonds is 8. The van der Waals surface area contributed by atoms with E-state index >= 15 is 0 Å². The van der Waals surface area contributed by atoms with Crippen LogP contribution in [0, 0.1) is 24.2 Å². The number of carbonyl (C=O) groups is 2. The first-order chi connectivity index (χ1) is 20.3. The molecule has 220 valence electrons. The number of esters is 1. The van der Waals surface area contributed by atoms with Crippen LogP contribution in [0.2, 0.25) is 0 Å². The van der Waals surface area contributed by atoms with E-state index < -0.39 is 0 Å². The molecule has 0 spiro atoms. The second-order valence-corrected chi connectivity index (χ2v) is 12.0. The van der Waals surface area contributed by atoms with Crippen LogP contribution in [0.25, 0.3) is 6.08 Å². The number of nitriles is 1. The molecule has 0 radical (unpaired) electrons. The van der Waals surface area contributed by atoms with Crippen LogP contribution in [0.5, 0.6) is 11.5 Å². The number of hydrogen-bond donors (Lipinski definition) is 0. The van der Waals surface area contributed by atoms with E-state index in [1.165, 1.54) is 16.7 Å². The Labute approximate surface area is 253 Å². The molecule has 1 aromatic heterocycles. The molecule has 0 saturated carbocycles. The van der Waals surface area contributed by atoms with Crippen molar-refractivity contribution in [3.05, 3.63) is 55.7 Å². The number of thiocarbonyl (C=S) groups is 1. The monoisotopic (exact) mass is 608 g/mol. The highest BCUT2D eigenvalue weighted by Crippen LogP contribution is 2.39. The number of pyridine rings is 1. The maximum Gasteiger partial charge on any atom is 0.309 e. The minimum absolute atomic E-state index is 0.0516. The summed E-state index contributed by atoms with van der Waals surface area (Å²) < 4.78 is 18.1. The number of thioether (sulfide) groups is 1. The van der Waals surface area contributed by atoms with Crippen molar-refractivity contribution >= 4 is 52.1 Å². The first-order valence-corrected chi connectivity index (χ1v) is 15.2. The molecule has 42 heavy (non-hydrogen) atoms. The van der Waals surface area contributed by atoms with E-state index in [1.807, 2.05) is 25.1 Å². The van der Waals surface area contributed by atoms with E-state index in [-0.39, 0.29) is 42.3 Å². The normalized spacial score (nSPS) is 17.7. The van der Waals surface area contributed by atoms with Crippen molar-refractivity contribution in [2.75, 3.05) is 31.4 Å². The smallest absolute Gasteiger partial charge is 0.309 e. The number of piperidine rings is 1. The molecule has 2 saturated heterocycles. The van der Waals surface area contributed by atoms with Crippen LogP contribution in [-0.2, 0) is 27.4 Å². The van der Waals surface area contributed by atoms with Gasteiger partial charge in [0.1, 0.15) is 21.8 Å². The lowest BCUT2D eigenvalue weighted by atomic mass is 9.95. The van der Waals surface area contributed by atoms with Gasteiger partial charge in [-0.25, -0.2) is 0 Å². The van der Waals surface area contributed by atoms with E-state index in [0.29, 0.717) is 83.2 Å². The lowest BCUT2D eigenvalue weighted by Crippen LogP contribution is -2.41. The quantitative estimate of drug-likeness (QED) is 0.244. The number of fused-ring (bicyclic) bond motifs is 1. The molecular formula is C30H32N4O6S2. The fourth-order valence-corrected chi connectivity index (χ4v) is 6.73. The summed E-state index contributed by atoms with van der Waals surface area (Å²) in [5.41, 5.74) is 1.69. The molecule has 10 nitrogen and oxygen atoms in total. The molecule has 5 rings (SSSR count).